The van der Waals surface area contributed by atoms with Crippen molar-refractivity contribution in [2.24, 2.45) is 5.84 Å². The number of aromatic nitrogens is 2. The van der Waals surface area contributed by atoms with Crippen LogP contribution in [0.1, 0.15) is 37.6 Å². The van der Waals surface area contributed by atoms with Gasteiger partial charge in [-0.15, -0.1) is 0 Å². The molecule has 0 fully saturated rings. The van der Waals surface area contributed by atoms with Gasteiger partial charge < -0.3 is 0 Å². The van der Waals surface area contributed by atoms with Crippen LogP contribution < -0.4 is 11.3 Å². The van der Waals surface area contributed by atoms with E-state index in [-0.39, 0.29) is 6.04 Å². The SMILES string of the molecule is CC(C)n1ccc(CC(CCc2ccccc2)NN)n1. The lowest BCUT2D eigenvalue weighted by molar-refractivity contribution is 0.475. The van der Waals surface area contributed by atoms with Gasteiger partial charge in [0, 0.05) is 24.7 Å². The van der Waals surface area contributed by atoms with Gasteiger partial charge in [-0.3, -0.25) is 16.0 Å². The molecule has 1 atom stereocenters. The molecule has 0 aliphatic heterocycles. The van der Waals surface area contributed by atoms with Crippen LogP contribution in [0.2, 0.25) is 0 Å². The highest BCUT2D eigenvalue weighted by Gasteiger charge is 2.11. The Labute approximate surface area is 121 Å². The highest BCUT2D eigenvalue weighted by atomic mass is 15.3. The first-order chi connectivity index (χ1) is 9.69. The van der Waals surface area contributed by atoms with Crippen LogP contribution in [0.3, 0.4) is 0 Å². The molecule has 0 aliphatic carbocycles. The highest BCUT2D eigenvalue weighted by molar-refractivity contribution is 5.15. The van der Waals surface area contributed by atoms with Gasteiger partial charge in [0.25, 0.3) is 0 Å². The van der Waals surface area contributed by atoms with Crippen molar-refractivity contribution >= 4 is 0 Å². The van der Waals surface area contributed by atoms with Gasteiger partial charge in [0.1, 0.15) is 0 Å². The molecule has 2 rings (SSSR count). The Hall–Kier alpha value is -1.65. The minimum Gasteiger partial charge on any atom is -0.271 e. The lowest BCUT2D eigenvalue weighted by atomic mass is 10.0. The molecule has 1 aromatic heterocycles. The van der Waals surface area contributed by atoms with Crippen molar-refractivity contribution in [3.63, 3.8) is 0 Å². The lowest BCUT2D eigenvalue weighted by Crippen LogP contribution is -2.37. The lowest BCUT2D eigenvalue weighted by Gasteiger charge is -2.14. The summed E-state index contributed by atoms with van der Waals surface area (Å²) in [5, 5.41) is 4.57. The Morgan fingerprint density at radius 1 is 1.20 bits per heavy atom. The molecule has 0 amide bonds. The predicted molar refractivity (Wildman–Crippen MR) is 82.2 cm³/mol. The first-order valence-electron chi connectivity index (χ1n) is 7.23. The molecule has 3 N–H and O–H groups in total. The summed E-state index contributed by atoms with van der Waals surface area (Å²) in [5.41, 5.74) is 5.35. The van der Waals surface area contributed by atoms with E-state index in [1.807, 2.05) is 16.9 Å². The number of aryl methyl sites for hydroxylation is 1. The molecule has 1 heterocycles. The predicted octanol–water partition coefficient (Wildman–Crippen LogP) is 2.47. The first kappa shape index (κ1) is 14.8. The third-order valence-corrected chi connectivity index (χ3v) is 3.51. The molecule has 0 spiro atoms. The van der Waals surface area contributed by atoms with Crippen LogP contribution in [0.25, 0.3) is 0 Å². The average Bonchev–Trinajstić information content (AvgIpc) is 2.93. The van der Waals surface area contributed by atoms with Gasteiger partial charge in [-0.05, 0) is 38.3 Å². The Morgan fingerprint density at radius 2 is 1.95 bits per heavy atom. The van der Waals surface area contributed by atoms with Gasteiger partial charge in [0.05, 0.1) is 5.69 Å². The zero-order chi connectivity index (χ0) is 14.4. The summed E-state index contributed by atoms with van der Waals surface area (Å²) in [7, 11) is 0. The molecule has 20 heavy (non-hydrogen) atoms. The molecule has 4 heteroatoms. The Kier molecular flexibility index (Phi) is 5.32. The second-order valence-corrected chi connectivity index (χ2v) is 5.47. The van der Waals surface area contributed by atoms with Crippen molar-refractivity contribution in [2.45, 2.75) is 45.2 Å². The summed E-state index contributed by atoms with van der Waals surface area (Å²) in [4.78, 5) is 0. The number of nitrogens with zero attached hydrogens (tertiary/aromatic N) is 2. The topological polar surface area (TPSA) is 55.9 Å². The van der Waals surface area contributed by atoms with E-state index in [2.05, 4.69) is 54.7 Å². The normalized spacial score (nSPS) is 12.8. The van der Waals surface area contributed by atoms with E-state index in [1.54, 1.807) is 0 Å². The maximum Gasteiger partial charge on any atom is 0.0640 e. The highest BCUT2D eigenvalue weighted by Crippen LogP contribution is 2.10. The van der Waals surface area contributed by atoms with Crippen molar-refractivity contribution in [1.82, 2.24) is 15.2 Å². The summed E-state index contributed by atoms with van der Waals surface area (Å²) in [6.07, 6.45) is 4.93. The summed E-state index contributed by atoms with van der Waals surface area (Å²) < 4.78 is 1.99. The zero-order valence-electron chi connectivity index (χ0n) is 12.3. The van der Waals surface area contributed by atoms with Crippen LogP contribution >= 0.6 is 0 Å². The third-order valence-electron chi connectivity index (χ3n) is 3.51. The minimum atomic E-state index is 0.255. The second-order valence-electron chi connectivity index (χ2n) is 5.47. The van der Waals surface area contributed by atoms with Gasteiger partial charge in [-0.25, -0.2) is 0 Å². The van der Waals surface area contributed by atoms with Crippen molar-refractivity contribution in [3.8, 4) is 0 Å². The maximum absolute atomic E-state index is 5.67. The van der Waals surface area contributed by atoms with E-state index in [1.165, 1.54) is 5.56 Å². The van der Waals surface area contributed by atoms with Gasteiger partial charge in [0.2, 0.25) is 0 Å². The molecule has 0 bridgehead atoms. The second kappa shape index (κ2) is 7.22. The van der Waals surface area contributed by atoms with Crippen molar-refractivity contribution < 1.29 is 0 Å². The average molecular weight is 272 g/mol. The fourth-order valence-electron chi connectivity index (χ4n) is 2.26. The molecule has 108 valence electrons. The zero-order valence-corrected chi connectivity index (χ0v) is 12.3. The van der Waals surface area contributed by atoms with Crippen molar-refractivity contribution in [2.75, 3.05) is 0 Å². The Balaban J connectivity index is 1.88. The third kappa shape index (κ3) is 4.18. The number of hydrazine groups is 1. The standard InChI is InChI=1S/C16H24N4/c1-13(2)20-11-10-16(19-20)12-15(18-17)9-8-14-6-4-3-5-7-14/h3-7,10-11,13,15,18H,8-9,12,17H2,1-2H3. The summed E-state index contributed by atoms with van der Waals surface area (Å²) in [6, 6.07) is 13.2. The van der Waals surface area contributed by atoms with Crippen LogP contribution in [-0.4, -0.2) is 15.8 Å². The monoisotopic (exact) mass is 272 g/mol. The molecule has 2 aromatic rings. The van der Waals surface area contributed by atoms with Crippen molar-refractivity contribution in [3.05, 3.63) is 53.9 Å². The van der Waals surface area contributed by atoms with E-state index in [0.717, 1.165) is 25.0 Å². The van der Waals surface area contributed by atoms with Crippen LogP contribution in [0.4, 0.5) is 0 Å². The number of hydrogen-bond donors (Lipinski definition) is 2. The van der Waals surface area contributed by atoms with E-state index < -0.39 is 0 Å². The molecule has 4 nitrogen and oxygen atoms in total. The number of rotatable bonds is 7. The van der Waals surface area contributed by atoms with Gasteiger partial charge in [-0.2, -0.15) is 5.10 Å². The molecule has 0 aliphatic rings. The quantitative estimate of drug-likeness (QED) is 0.601. The van der Waals surface area contributed by atoms with Gasteiger partial charge in [-0.1, -0.05) is 30.3 Å². The number of benzene rings is 1. The minimum absolute atomic E-state index is 0.255. The molecular weight excluding hydrogens is 248 g/mol. The molecule has 1 unspecified atom stereocenters. The van der Waals surface area contributed by atoms with Crippen LogP contribution in [0, 0.1) is 0 Å². The smallest absolute Gasteiger partial charge is 0.0640 e. The van der Waals surface area contributed by atoms with Gasteiger partial charge >= 0.3 is 0 Å². The molecule has 0 radical (unpaired) electrons. The Bertz CT molecular complexity index is 504. The number of nitrogens with one attached hydrogen (secondary N) is 1. The van der Waals surface area contributed by atoms with E-state index in [9.17, 15) is 0 Å². The summed E-state index contributed by atoms with van der Waals surface area (Å²) in [6.45, 7) is 4.26. The number of nitrogens with two attached hydrogens (primary N) is 1. The Morgan fingerprint density at radius 3 is 2.55 bits per heavy atom. The molecule has 0 saturated carbocycles. The summed E-state index contributed by atoms with van der Waals surface area (Å²) in [5.74, 6) is 5.67. The summed E-state index contributed by atoms with van der Waals surface area (Å²) >= 11 is 0. The largest absolute Gasteiger partial charge is 0.271 e. The first-order valence-corrected chi connectivity index (χ1v) is 7.23. The fourth-order valence-corrected chi connectivity index (χ4v) is 2.26. The maximum atomic E-state index is 5.67. The van der Waals surface area contributed by atoms with Crippen LogP contribution in [0.5, 0.6) is 0 Å². The molecular formula is C16H24N4. The van der Waals surface area contributed by atoms with Crippen LogP contribution in [-0.2, 0) is 12.8 Å². The van der Waals surface area contributed by atoms with E-state index in [4.69, 9.17) is 5.84 Å². The molecule has 0 saturated heterocycles. The van der Waals surface area contributed by atoms with Crippen molar-refractivity contribution in [1.29, 1.82) is 0 Å². The number of hydrogen-bond acceptors (Lipinski definition) is 3. The van der Waals surface area contributed by atoms with Gasteiger partial charge in [0.15, 0.2) is 0 Å². The van der Waals surface area contributed by atoms with E-state index >= 15 is 0 Å². The molecule has 1 aromatic carbocycles. The fraction of sp³-hybridized carbons (Fsp3) is 0.438. The van der Waals surface area contributed by atoms with E-state index in [0.29, 0.717) is 6.04 Å². The van der Waals surface area contributed by atoms with Crippen LogP contribution in [0.15, 0.2) is 42.6 Å².